The van der Waals surface area contributed by atoms with Crippen LogP contribution in [0.25, 0.3) is 10.2 Å². The van der Waals surface area contributed by atoms with E-state index < -0.39 is 0 Å². The number of halogens is 1. The lowest BCUT2D eigenvalue weighted by Crippen LogP contribution is -2.18. The molecule has 0 bridgehead atoms. The van der Waals surface area contributed by atoms with Crippen molar-refractivity contribution < 1.29 is 4.79 Å². The topological polar surface area (TPSA) is 78.1 Å². The minimum atomic E-state index is -0.219. The Morgan fingerprint density at radius 1 is 1.35 bits per heavy atom. The van der Waals surface area contributed by atoms with Crippen LogP contribution in [-0.2, 0) is 6.54 Å². The monoisotopic (exact) mass is 482 g/mol. The minimum absolute atomic E-state index is 0.204. The van der Waals surface area contributed by atoms with Crippen LogP contribution in [0.3, 0.4) is 0 Å². The van der Waals surface area contributed by atoms with Gasteiger partial charge in [-0.15, -0.1) is 11.3 Å². The minimum Gasteiger partial charge on any atom is -0.321 e. The van der Waals surface area contributed by atoms with Gasteiger partial charge in [0.1, 0.15) is 10.7 Å². The summed E-state index contributed by atoms with van der Waals surface area (Å²) in [5.74, 6) is 0.373. The Morgan fingerprint density at radius 2 is 2.08 bits per heavy atom. The molecule has 0 aliphatic heterocycles. The number of fused-ring (bicyclic) bond motifs is 1. The van der Waals surface area contributed by atoms with Crippen molar-refractivity contribution in [1.82, 2.24) is 14.9 Å². The molecule has 1 aromatic carbocycles. The Labute approximate surface area is 168 Å². The van der Waals surface area contributed by atoms with Gasteiger partial charge in [-0.1, -0.05) is 0 Å². The Hall–Kier alpha value is -1.78. The normalized spacial score (nSPS) is 11.3. The van der Waals surface area contributed by atoms with E-state index in [1.807, 2.05) is 44.1 Å². The number of rotatable bonds is 4. The number of nitrogens with one attached hydrogen (secondary N) is 2. The summed E-state index contributed by atoms with van der Waals surface area (Å²) in [6.07, 6.45) is 0. The first-order valence-electron chi connectivity index (χ1n) is 8.00. The molecule has 0 aliphatic rings. The number of benzene rings is 1. The number of carbonyl (C=O) groups excluding carboxylic acids is 1. The van der Waals surface area contributed by atoms with Crippen molar-refractivity contribution in [1.29, 1.82) is 0 Å². The molecule has 2 heterocycles. The van der Waals surface area contributed by atoms with Crippen molar-refractivity contribution in [2.75, 3.05) is 19.4 Å². The molecular weight excluding hydrogens is 463 g/mol. The van der Waals surface area contributed by atoms with E-state index in [0.717, 1.165) is 14.8 Å². The van der Waals surface area contributed by atoms with E-state index in [-0.39, 0.29) is 11.5 Å². The third-order valence-corrected chi connectivity index (χ3v) is 5.81. The second kappa shape index (κ2) is 7.45. The van der Waals surface area contributed by atoms with E-state index >= 15 is 0 Å². The molecule has 1 amide bonds. The van der Waals surface area contributed by atoms with E-state index in [9.17, 15) is 9.59 Å². The number of carbonyl (C=O) groups is 1. The first-order chi connectivity index (χ1) is 12.3. The molecule has 26 heavy (non-hydrogen) atoms. The van der Waals surface area contributed by atoms with Gasteiger partial charge in [-0.2, -0.15) is 0 Å². The van der Waals surface area contributed by atoms with Crippen LogP contribution in [0, 0.1) is 17.4 Å². The number of aromatic amines is 1. The lowest BCUT2D eigenvalue weighted by molar-refractivity contribution is 0.103. The van der Waals surface area contributed by atoms with Crippen LogP contribution in [0.5, 0.6) is 0 Å². The highest BCUT2D eigenvalue weighted by molar-refractivity contribution is 14.1. The maximum Gasteiger partial charge on any atom is 0.266 e. The first kappa shape index (κ1) is 19.0. The number of hydrogen-bond donors (Lipinski definition) is 2. The summed E-state index contributed by atoms with van der Waals surface area (Å²) in [5.41, 5.74) is 2.22. The van der Waals surface area contributed by atoms with Crippen LogP contribution in [0.1, 0.15) is 26.6 Å². The van der Waals surface area contributed by atoms with Crippen molar-refractivity contribution in [3.63, 3.8) is 0 Å². The molecule has 2 aromatic heterocycles. The van der Waals surface area contributed by atoms with Gasteiger partial charge >= 0.3 is 0 Å². The zero-order valence-corrected chi connectivity index (χ0v) is 17.9. The maximum absolute atomic E-state index is 12.8. The highest BCUT2D eigenvalue weighted by Gasteiger charge is 2.20. The number of thiophene rings is 1. The highest BCUT2D eigenvalue weighted by Crippen LogP contribution is 2.28. The number of hydrogen-bond acceptors (Lipinski definition) is 5. The fraction of sp³-hybridized carbons (Fsp3) is 0.278. The molecule has 0 fully saturated rings. The molecule has 3 aromatic rings. The lowest BCUT2D eigenvalue weighted by Gasteiger charge is -2.08. The number of amides is 1. The van der Waals surface area contributed by atoms with Gasteiger partial charge in [0.25, 0.3) is 11.5 Å². The average Bonchev–Trinajstić information content (AvgIpc) is 2.86. The van der Waals surface area contributed by atoms with Crippen LogP contribution < -0.4 is 10.9 Å². The molecule has 0 unspecified atom stereocenters. The molecule has 8 heteroatoms. The smallest absolute Gasteiger partial charge is 0.266 e. The summed E-state index contributed by atoms with van der Waals surface area (Å²) in [6, 6.07) is 5.84. The number of H-pyrrole nitrogens is 1. The molecule has 0 radical (unpaired) electrons. The van der Waals surface area contributed by atoms with Gasteiger partial charge in [0, 0.05) is 9.26 Å². The average molecular weight is 482 g/mol. The summed E-state index contributed by atoms with van der Waals surface area (Å²) >= 11 is 3.49. The molecule has 3 rings (SSSR count). The third-order valence-electron chi connectivity index (χ3n) is 3.96. The molecule has 0 aliphatic carbocycles. The Balaban J connectivity index is 1.99. The number of anilines is 1. The van der Waals surface area contributed by atoms with Gasteiger partial charge in [0.2, 0.25) is 0 Å². The Morgan fingerprint density at radius 3 is 2.73 bits per heavy atom. The maximum atomic E-state index is 12.8. The molecule has 0 saturated carbocycles. The Bertz CT molecular complexity index is 1060. The van der Waals surface area contributed by atoms with Gasteiger partial charge in [0.15, 0.2) is 0 Å². The highest BCUT2D eigenvalue weighted by atomic mass is 127. The molecule has 136 valence electrons. The molecule has 0 saturated heterocycles. The van der Waals surface area contributed by atoms with E-state index in [1.165, 1.54) is 11.3 Å². The molecular formula is C18H19IN4O2S. The number of nitrogens with zero attached hydrogens (tertiary/aromatic N) is 2. The zero-order chi connectivity index (χ0) is 19.0. The summed E-state index contributed by atoms with van der Waals surface area (Å²) in [6.45, 7) is 4.28. The summed E-state index contributed by atoms with van der Waals surface area (Å²) in [7, 11) is 3.82. The van der Waals surface area contributed by atoms with Gasteiger partial charge in [-0.3, -0.25) is 9.59 Å². The van der Waals surface area contributed by atoms with Crippen molar-refractivity contribution in [2.45, 2.75) is 20.4 Å². The number of aromatic nitrogens is 2. The van der Waals surface area contributed by atoms with Gasteiger partial charge in [-0.25, -0.2) is 4.98 Å². The van der Waals surface area contributed by atoms with Crippen LogP contribution in [0.4, 0.5) is 5.69 Å². The van der Waals surface area contributed by atoms with E-state index in [1.54, 1.807) is 6.92 Å². The molecule has 2 N–H and O–H groups in total. The van der Waals surface area contributed by atoms with Crippen molar-refractivity contribution in [3.8, 4) is 0 Å². The first-order valence-corrected chi connectivity index (χ1v) is 9.90. The molecule has 0 atom stereocenters. The third kappa shape index (κ3) is 3.81. The summed E-state index contributed by atoms with van der Waals surface area (Å²) in [4.78, 5) is 35.6. The fourth-order valence-electron chi connectivity index (χ4n) is 2.73. The summed E-state index contributed by atoms with van der Waals surface area (Å²) < 4.78 is 1.11. The van der Waals surface area contributed by atoms with Crippen LogP contribution in [0.2, 0.25) is 0 Å². The predicted molar refractivity (Wildman–Crippen MR) is 114 cm³/mol. The Kier molecular flexibility index (Phi) is 5.44. The number of aryl methyl sites for hydroxylation is 2. The fourth-order valence-corrected chi connectivity index (χ4v) is 4.47. The van der Waals surface area contributed by atoms with Gasteiger partial charge < -0.3 is 15.2 Å². The van der Waals surface area contributed by atoms with E-state index in [4.69, 9.17) is 0 Å². The van der Waals surface area contributed by atoms with Gasteiger partial charge in [0.05, 0.1) is 16.8 Å². The second-order valence-electron chi connectivity index (χ2n) is 6.40. The predicted octanol–water partition coefficient (Wildman–Crippen LogP) is 3.52. The summed E-state index contributed by atoms with van der Waals surface area (Å²) in [5, 5.41) is 3.43. The van der Waals surface area contributed by atoms with Crippen LogP contribution in [0.15, 0.2) is 23.0 Å². The van der Waals surface area contributed by atoms with E-state index in [2.05, 4.69) is 37.9 Å². The van der Waals surface area contributed by atoms with Crippen molar-refractivity contribution in [2.24, 2.45) is 0 Å². The SMILES string of the molecule is Cc1cc(I)ccc1NC(=O)c1sc2nc(CN(C)C)[nH]c(=O)c2c1C. The second-order valence-corrected chi connectivity index (χ2v) is 8.64. The van der Waals surface area contributed by atoms with E-state index in [0.29, 0.717) is 33.0 Å². The largest absolute Gasteiger partial charge is 0.321 e. The van der Waals surface area contributed by atoms with Crippen molar-refractivity contribution in [3.05, 3.63) is 54.0 Å². The quantitative estimate of drug-likeness (QED) is 0.558. The van der Waals surface area contributed by atoms with Crippen LogP contribution in [-0.4, -0.2) is 34.9 Å². The van der Waals surface area contributed by atoms with Gasteiger partial charge in [-0.05, 0) is 79.9 Å². The lowest BCUT2D eigenvalue weighted by atomic mass is 10.2. The standard InChI is InChI=1S/C18H19IN4O2S/c1-9-7-11(19)5-6-12(9)20-17(25)15-10(2)14-16(24)21-13(8-23(3)4)22-18(14)26-15/h5-7H,8H2,1-4H3,(H,20,25)(H,21,22,24). The van der Waals surface area contributed by atoms with Crippen LogP contribution >= 0.6 is 33.9 Å². The van der Waals surface area contributed by atoms with Crippen molar-refractivity contribution >= 4 is 55.7 Å². The zero-order valence-electron chi connectivity index (χ0n) is 14.9. The molecule has 6 nitrogen and oxygen atoms in total. The molecule has 0 spiro atoms.